The van der Waals surface area contributed by atoms with Crippen molar-refractivity contribution in [3.63, 3.8) is 0 Å². The molecule has 0 saturated carbocycles. The number of sulfonamides is 1. The van der Waals surface area contributed by atoms with Crippen molar-refractivity contribution in [2.24, 2.45) is 5.92 Å². The van der Waals surface area contributed by atoms with E-state index in [0.29, 0.717) is 18.2 Å². The molecule has 1 aromatic rings. The van der Waals surface area contributed by atoms with Gasteiger partial charge >= 0.3 is 0 Å². The highest BCUT2D eigenvalue weighted by molar-refractivity contribution is 7.89. The number of unbranched alkanes of at least 4 members (excludes halogenated alkanes) is 1. The van der Waals surface area contributed by atoms with Gasteiger partial charge < -0.3 is 14.6 Å². The van der Waals surface area contributed by atoms with Gasteiger partial charge in [0.15, 0.2) is 6.29 Å². The zero-order valence-corrected chi connectivity index (χ0v) is 17.9. The van der Waals surface area contributed by atoms with Crippen molar-refractivity contribution in [1.82, 2.24) is 4.72 Å². The van der Waals surface area contributed by atoms with E-state index in [1.165, 1.54) is 12.1 Å². The molecule has 0 aromatic heterocycles. The number of aliphatic hydroxyl groups excluding tert-OH is 1. The van der Waals surface area contributed by atoms with Crippen LogP contribution in [0, 0.1) is 5.92 Å². The predicted molar refractivity (Wildman–Crippen MR) is 110 cm³/mol. The van der Waals surface area contributed by atoms with E-state index in [9.17, 15) is 13.5 Å². The molecule has 0 spiro atoms. The van der Waals surface area contributed by atoms with Crippen LogP contribution >= 0.6 is 11.6 Å². The van der Waals surface area contributed by atoms with Crippen molar-refractivity contribution in [3.8, 4) is 0 Å². The molecule has 1 fully saturated rings. The summed E-state index contributed by atoms with van der Waals surface area (Å²) in [5, 5.41) is 10.0. The Morgan fingerprint density at radius 3 is 2.61 bits per heavy atom. The highest BCUT2D eigenvalue weighted by Gasteiger charge is 2.15. The topological polar surface area (TPSA) is 84.9 Å². The van der Waals surface area contributed by atoms with Crippen LogP contribution in [0.4, 0.5) is 0 Å². The second kappa shape index (κ2) is 12.8. The maximum Gasteiger partial charge on any atom is 0.240 e. The Hall–Kier alpha value is -0.700. The molecule has 1 heterocycles. The third-order valence-corrected chi connectivity index (χ3v) is 6.64. The minimum Gasteiger partial charge on any atom is -0.396 e. The summed E-state index contributed by atoms with van der Waals surface area (Å²) in [6, 6.07) is 6.11. The smallest absolute Gasteiger partial charge is 0.240 e. The molecule has 2 atom stereocenters. The molecule has 0 bridgehead atoms. The van der Waals surface area contributed by atoms with Gasteiger partial charge in [0.1, 0.15) is 0 Å². The number of halogens is 1. The molecule has 28 heavy (non-hydrogen) atoms. The molecule has 2 rings (SSSR count). The van der Waals surface area contributed by atoms with Crippen molar-refractivity contribution < 1.29 is 23.0 Å². The first-order valence-electron chi connectivity index (χ1n) is 10.1. The van der Waals surface area contributed by atoms with E-state index >= 15 is 0 Å². The second-order valence-electron chi connectivity index (χ2n) is 7.21. The van der Waals surface area contributed by atoms with Gasteiger partial charge in [0.05, 0.1) is 4.90 Å². The Kier molecular flexibility index (Phi) is 10.8. The Morgan fingerprint density at radius 2 is 1.93 bits per heavy atom. The fourth-order valence-corrected chi connectivity index (χ4v) is 4.42. The summed E-state index contributed by atoms with van der Waals surface area (Å²) in [5.74, 6) is 0.226. The average molecular weight is 434 g/mol. The molecule has 1 aliphatic rings. The van der Waals surface area contributed by atoms with Gasteiger partial charge in [-0.1, -0.05) is 18.0 Å². The lowest BCUT2D eigenvalue weighted by molar-refractivity contribution is -0.163. The SMILES string of the molecule is O=S(=O)(NCCCCC(CO)CCCOC1CCCCO1)c1ccc(Cl)cc1. The van der Waals surface area contributed by atoms with Gasteiger partial charge in [0, 0.05) is 31.4 Å². The molecule has 6 nitrogen and oxygen atoms in total. The first kappa shape index (κ1) is 23.6. The lowest BCUT2D eigenvalue weighted by Crippen LogP contribution is -2.25. The van der Waals surface area contributed by atoms with Crippen LogP contribution in [-0.4, -0.2) is 46.2 Å². The van der Waals surface area contributed by atoms with Crippen LogP contribution in [0.15, 0.2) is 29.2 Å². The lowest BCUT2D eigenvalue weighted by atomic mass is 9.98. The van der Waals surface area contributed by atoms with Crippen LogP contribution in [0.25, 0.3) is 0 Å². The largest absolute Gasteiger partial charge is 0.396 e. The summed E-state index contributed by atoms with van der Waals surface area (Å²) in [6.07, 6.45) is 7.45. The molecule has 0 amide bonds. The molecule has 1 aromatic carbocycles. The maximum absolute atomic E-state index is 12.2. The molecule has 8 heteroatoms. The van der Waals surface area contributed by atoms with Crippen molar-refractivity contribution >= 4 is 21.6 Å². The quantitative estimate of drug-likeness (QED) is 0.463. The van der Waals surface area contributed by atoms with Gasteiger partial charge in [0.25, 0.3) is 0 Å². The minimum atomic E-state index is -3.50. The number of benzene rings is 1. The van der Waals surface area contributed by atoms with E-state index in [1.807, 2.05) is 0 Å². The fraction of sp³-hybridized carbons (Fsp3) is 0.700. The third kappa shape index (κ3) is 8.76. The molecular formula is C20H32ClNO5S. The predicted octanol–water partition coefficient (Wildman–Crippen LogP) is 3.72. The summed E-state index contributed by atoms with van der Waals surface area (Å²) in [5.41, 5.74) is 0. The lowest BCUT2D eigenvalue weighted by Gasteiger charge is -2.23. The van der Waals surface area contributed by atoms with Crippen molar-refractivity contribution in [2.75, 3.05) is 26.4 Å². The summed E-state index contributed by atoms with van der Waals surface area (Å²) in [7, 11) is -3.50. The summed E-state index contributed by atoms with van der Waals surface area (Å²) >= 11 is 5.79. The maximum atomic E-state index is 12.2. The van der Waals surface area contributed by atoms with E-state index < -0.39 is 10.0 Å². The van der Waals surface area contributed by atoms with E-state index in [4.69, 9.17) is 21.1 Å². The normalized spacial score (nSPS) is 18.9. The first-order valence-corrected chi connectivity index (χ1v) is 12.0. The molecule has 2 N–H and O–H groups in total. The van der Waals surface area contributed by atoms with E-state index in [2.05, 4.69) is 4.72 Å². The van der Waals surface area contributed by atoms with Crippen LogP contribution in [0.3, 0.4) is 0 Å². The third-order valence-electron chi connectivity index (χ3n) is 4.91. The summed E-state index contributed by atoms with van der Waals surface area (Å²) in [4.78, 5) is 0.215. The van der Waals surface area contributed by atoms with E-state index in [1.54, 1.807) is 12.1 Å². The van der Waals surface area contributed by atoms with E-state index in [-0.39, 0.29) is 23.7 Å². The number of ether oxygens (including phenoxy) is 2. The zero-order valence-electron chi connectivity index (χ0n) is 16.3. The van der Waals surface area contributed by atoms with Crippen LogP contribution < -0.4 is 4.72 Å². The van der Waals surface area contributed by atoms with Crippen molar-refractivity contribution in [1.29, 1.82) is 0 Å². The van der Waals surface area contributed by atoms with Crippen LogP contribution in [0.2, 0.25) is 5.02 Å². The van der Waals surface area contributed by atoms with Gasteiger partial charge in [-0.15, -0.1) is 0 Å². The van der Waals surface area contributed by atoms with Crippen molar-refractivity contribution in [3.05, 3.63) is 29.3 Å². The van der Waals surface area contributed by atoms with Gasteiger partial charge in [-0.2, -0.15) is 0 Å². The summed E-state index contributed by atoms with van der Waals surface area (Å²) in [6.45, 7) is 1.97. The molecule has 0 aliphatic carbocycles. The van der Waals surface area contributed by atoms with Crippen molar-refractivity contribution in [2.45, 2.75) is 62.6 Å². The second-order valence-corrected chi connectivity index (χ2v) is 9.41. The molecule has 1 saturated heterocycles. The monoisotopic (exact) mass is 433 g/mol. The van der Waals surface area contributed by atoms with Crippen LogP contribution in [-0.2, 0) is 19.5 Å². The number of aliphatic hydroxyl groups is 1. The van der Waals surface area contributed by atoms with Crippen LogP contribution in [0.5, 0.6) is 0 Å². The Morgan fingerprint density at radius 1 is 1.18 bits per heavy atom. The highest BCUT2D eigenvalue weighted by atomic mass is 35.5. The molecule has 1 aliphatic heterocycles. The molecule has 2 unspecified atom stereocenters. The Labute approximate surface area is 173 Å². The van der Waals surface area contributed by atoms with Crippen LogP contribution in [0.1, 0.15) is 51.4 Å². The first-order chi connectivity index (χ1) is 13.5. The number of rotatable bonds is 13. The molecule has 160 valence electrons. The number of hydrogen-bond acceptors (Lipinski definition) is 5. The van der Waals surface area contributed by atoms with E-state index in [0.717, 1.165) is 58.0 Å². The zero-order chi connectivity index (χ0) is 20.2. The standard InChI is InChI=1S/C20H32ClNO5S/c21-18-9-11-19(12-10-18)28(24,25)22-13-3-1-6-17(16-23)7-5-15-27-20-8-2-4-14-26-20/h9-12,17,20,22-23H,1-8,13-16H2. The summed E-state index contributed by atoms with van der Waals surface area (Å²) < 4.78 is 38.2. The highest BCUT2D eigenvalue weighted by Crippen LogP contribution is 2.18. The fourth-order valence-electron chi connectivity index (χ4n) is 3.22. The van der Waals surface area contributed by atoms with Gasteiger partial charge in [0.2, 0.25) is 10.0 Å². The van der Waals surface area contributed by atoms with Gasteiger partial charge in [-0.3, -0.25) is 0 Å². The van der Waals surface area contributed by atoms with Gasteiger partial charge in [-0.25, -0.2) is 13.1 Å². The molecular weight excluding hydrogens is 402 g/mol. The minimum absolute atomic E-state index is 0.0602. The Bertz CT molecular complexity index is 647. The number of hydrogen-bond donors (Lipinski definition) is 2. The molecule has 0 radical (unpaired) electrons. The van der Waals surface area contributed by atoms with Gasteiger partial charge in [-0.05, 0) is 75.1 Å². The average Bonchev–Trinajstić information content (AvgIpc) is 2.70. The Balaban J connectivity index is 1.56. The number of nitrogens with one attached hydrogen (secondary N) is 1.